The van der Waals surface area contributed by atoms with E-state index in [0.717, 1.165) is 29.7 Å². The molecule has 0 radical (unpaired) electrons. The zero-order chi connectivity index (χ0) is 17.4. The van der Waals surface area contributed by atoms with Crippen molar-refractivity contribution >= 4 is 5.97 Å². The number of esters is 1. The highest BCUT2D eigenvalue weighted by Gasteiger charge is 2.49. The van der Waals surface area contributed by atoms with Gasteiger partial charge in [0.1, 0.15) is 11.3 Å². The smallest absolute Gasteiger partial charge is 0.341 e. The predicted octanol–water partition coefficient (Wildman–Crippen LogP) is 4.88. The zero-order valence-corrected chi connectivity index (χ0v) is 15.0. The molecule has 3 nitrogen and oxygen atoms in total. The quantitative estimate of drug-likeness (QED) is 0.613. The van der Waals surface area contributed by atoms with Gasteiger partial charge in [0.25, 0.3) is 0 Å². The molecule has 1 aromatic rings. The molecule has 0 spiro atoms. The third-order valence-corrected chi connectivity index (χ3v) is 6.47. The normalized spacial score (nSPS) is 33.1. The number of ether oxygens (including phenoxy) is 1. The average Bonchev–Trinajstić information content (AvgIpc) is 2.55. The number of benzene rings is 1. The molecule has 0 atom stereocenters. The van der Waals surface area contributed by atoms with Crippen molar-refractivity contribution in [1.29, 1.82) is 0 Å². The maximum Gasteiger partial charge on any atom is 0.341 e. The molecule has 4 fully saturated rings. The van der Waals surface area contributed by atoms with E-state index < -0.39 is 5.97 Å². The molecular formula is C22H28O3. The number of rotatable bonds is 5. The molecule has 1 N–H and O–H groups in total. The lowest BCUT2D eigenvalue weighted by molar-refractivity contribution is -0.0238. The Labute approximate surface area is 150 Å². The maximum absolute atomic E-state index is 11.9. The van der Waals surface area contributed by atoms with E-state index in [1.807, 2.05) is 6.07 Å². The highest BCUT2D eigenvalue weighted by atomic mass is 16.5. The number of hydrogen-bond donors (Lipinski definition) is 1. The molecule has 134 valence electrons. The first kappa shape index (κ1) is 16.7. The summed E-state index contributed by atoms with van der Waals surface area (Å²) in [6, 6.07) is 5.25. The highest BCUT2D eigenvalue weighted by Crippen LogP contribution is 2.60. The summed E-state index contributed by atoms with van der Waals surface area (Å²) in [5, 5.41) is 9.89. The Morgan fingerprint density at radius 2 is 1.84 bits per heavy atom. The molecule has 4 aliphatic carbocycles. The monoisotopic (exact) mass is 340 g/mol. The highest BCUT2D eigenvalue weighted by molar-refractivity contribution is 5.92. The van der Waals surface area contributed by atoms with Crippen LogP contribution in [0.5, 0.6) is 5.75 Å². The van der Waals surface area contributed by atoms with Crippen LogP contribution in [0.2, 0.25) is 0 Å². The van der Waals surface area contributed by atoms with Crippen molar-refractivity contribution in [3.05, 3.63) is 41.5 Å². The number of allylic oxidation sites excluding steroid dienone is 2. The molecule has 5 rings (SSSR count). The predicted molar refractivity (Wildman–Crippen MR) is 97.5 cm³/mol. The Bertz CT molecular complexity index is 653. The summed E-state index contributed by atoms with van der Waals surface area (Å²) in [5.74, 6) is 2.42. The van der Waals surface area contributed by atoms with Crippen LogP contribution >= 0.6 is 0 Å². The van der Waals surface area contributed by atoms with E-state index in [1.54, 1.807) is 19.1 Å². The first-order valence-electron chi connectivity index (χ1n) is 9.73. The van der Waals surface area contributed by atoms with Crippen LogP contribution in [-0.4, -0.2) is 17.7 Å². The zero-order valence-electron chi connectivity index (χ0n) is 15.0. The SMILES string of the molecule is CCOC(=O)c1cc(C/C=C/C23CC4CC(CC(C4)C2)C3)ccc1O. The molecule has 0 saturated heterocycles. The van der Waals surface area contributed by atoms with Gasteiger partial charge in [-0.2, -0.15) is 0 Å². The average molecular weight is 340 g/mol. The Balaban J connectivity index is 1.45. The van der Waals surface area contributed by atoms with Crippen molar-refractivity contribution in [3.63, 3.8) is 0 Å². The van der Waals surface area contributed by atoms with E-state index in [0.29, 0.717) is 12.0 Å². The van der Waals surface area contributed by atoms with E-state index in [2.05, 4.69) is 12.2 Å². The maximum atomic E-state index is 11.9. The van der Waals surface area contributed by atoms with Gasteiger partial charge < -0.3 is 9.84 Å². The van der Waals surface area contributed by atoms with Gasteiger partial charge in [-0.05, 0) is 92.7 Å². The van der Waals surface area contributed by atoms with Gasteiger partial charge in [0.2, 0.25) is 0 Å². The first-order valence-corrected chi connectivity index (χ1v) is 9.73. The van der Waals surface area contributed by atoms with Crippen LogP contribution in [0, 0.1) is 23.2 Å². The van der Waals surface area contributed by atoms with Crippen LogP contribution in [0.4, 0.5) is 0 Å². The van der Waals surface area contributed by atoms with Crippen LogP contribution in [0.15, 0.2) is 30.4 Å². The summed E-state index contributed by atoms with van der Waals surface area (Å²) >= 11 is 0. The van der Waals surface area contributed by atoms with Crippen LogP contribution in [0.1, 0.15) is 61.4 Å². The summed E-state index contributed by atoms with van der Waals surface area (Å²) in [6.45, 7) is 2.08. The number of carbonyl (C=O) groups excluding carboxylic acids is 1. The van der Waals surface area contributed by atoms with E-state index in [1.165, 1.54) is 38.5 Å². The molecule has 0 aliphatic heterocycles. The standard InChI is InChI=1S/C22H28O3/c1-2-25-21(24)19-11-15(5-6-20(19)23)4-3-7-22-12-16-8-17(13-22)10-18(9-16)14-22/h3,5-7,11,16-18,23H,2,4,8-10,12-14H2,1H3/b7-3+. The van der Waals surface area contributed by atoms with Crippen LogP contribution in [0.25, 0.3) is 0 Å². The molecule has 0 heterocycles. The van der Waals surface area contributed by atoms with Gasteiger partial charge in [-0.3, -0.25) is 0 Å². The van der Waals surface area contributed by atoms with Gasteiger partial charge >= 0.3 is 5.97 Å². The minimum absolute atomic E-state index is 0.00716. The fraction of sp³-hybridized carbons (Fsp3) is 0.591. The lowest BCUT2D eigenvalue weighted by atomic mass is 9.49. The van der Waals surface area contributed by atoms with Crippen LogP contribution < -0.4 is 0 Å². The minimum Gasteiger partial charge on any atom is -0.507 e. The second-order valence-corrected chi connectivity index (χ2v) is 8.46. The molecule has 4 aliphatic rings. The molecule has 0 amide bonds. The topological polar surface area (TPSA) is 46.5 Å². The minimum atomic E-state index is -0.452. The molecule has 25 heavy (non-hydrogen) atoms. The van der Waals surface area contributed by atoms with Crippen molar-refractivity contribution in [3.8, 4) is 5.75 Å². The fourth-order valence-corrected chi connectivity index (χ4v) is 5.91. The molecule has 4 saturated carbocycles. The van der Waals surface area contributed by atoms with Crippen molar-refractivity contribution in [2.75, 3.05) is 6.61 Å². The van der Waals surface area contributed by atoms with Crippen LogP contribution in [0.3, 0.4) is 0 Å². The molecule has 0 aromatic heterocycles. The van der Waals surface area contributed by atoms with Gasteiger partial charge in [0, 0.05) is 0 Å². The Hall–Kier alpha value is -1.77. The van der Waals surface area contributed by atoms with E-state index in [-0.39, 0.29) is 11.3 Å². The summed E-state index contributed by atoms with van der Waals surface area (Å²) in [6.07, 6.45) is 14.1. The molecule has 3 heteroatoms. The van der Waals surface area contributed by atoms with Gasteiger partial charge in [-0.1, -0.05) is 18.2 Å². The van der Waals surface area contributed by atoms with Gasteiger partial charge in [0.15, 0.2) is 0 Å². The first-order chi connectivity index (χ1) is 12.1. The lowest BCUT2D eigenvalue weighted by Crippen LogP contribution is -2.44. The number of carbonyl (C=O) groups is 1. The molecule has 1 aromatic carbocycles. The van der Waals surface area contributed by atoms with E-state index in [9.17, 15) is 9.90 Å². The fourth-order valence-electron chi connectivity index (χ4n) is 5.91. The third-order valence-electron chi connectivity index (χ3n) is 6.47. The lowest BCUT2D eigenvalue weighted by Gasteiger charge is -2.56. The van der Waals surface area contributed by atoms with E-state index in [4.69, 9.17) is 4.74 Å². The summed E-state index contributed by atoms with van der Waals surface area (Å²) in [7, 11) is 0. The van der Waals surface area contributed by atoms with Gasteiger partial charge in [-0.15, -0.1) is 0 Å². The number of phenols is 1. The largest absolute Gasteiger partial charge is 0.507 e. The summed E-state index contributed by atoms with van der Waals surface area (Å²) < 4.78 is 5.02. The number of hydrogen-bond acceptors (Lipinski definition) is 3. The second kappa shape index (κ2) is 6.51. The second-order valence-electron chi connectivity index (χ2n) is 8.46. The van der Waals surface area contributed by atoms with Crippen molar-refractivity contribution in [1.82, 2.24) is 0 Å². The Morgan fingerprint density at radius 1 is 1.20 bits per heavy atom. The third kappa shape index (κ3) is 3.33. The Morgan fingerprint density at radius 3 is 2.44 bits per heavy atom. The summed E-state index contributed by atoms with van der Waals surface area (Å²) in [5.41, 5.74) is 1.75. The molecule has 0 unspecified atom stereocenters. The van der Waals surface area contributed by atoms with Crippen molar-refractivity contribution < 1.29 is 14.6 Å². The van der Waals surface area contributed by atoms with Crippen LogP contribution in [-0.2, 0) is 11.2 Å². The molecule has 4 bridgehead atoms. The molecular weight excluding hydrogens is 312 g/mol. The van der Waals surface area contributed by atoms with E-state index >= 15 is 0 Å². The summed E-state index contributed by atoms with van der Waals surface area (Å²) in [4.78, 5) is 11.9. The van der Waals surface area contributed by atoms with Gasteiger partial charge in [-0.25, -0.2) is 4.79 Å². The van der Waals surface area contributed by atoms with Crippen molar-refractivity contribution in [2.45, 2.75) is 51.9 Å². The van der Waals surface area contributed by atoms with Gasteiger partial charge in [0.05, 0.1) is 6.61 Å². The number of phenolic OH excluding ortho intramolecular Hbond substituents is 1. The number of aromatic hydroxyl groups is 1. The Kier molecular flexibility index (Phi) is 4.35. The van der Waals surface area contributed by atoms with Crippen molar-refractivity contribution in [2.24, 2.45) is 23.2 Å².